The number of carbonyl (C=O) groups excluding carboxylic acids is 4. The van der Waals surface area contributed by atoms with Crippen molar-refractivity contribution >= 4 is 35.4 Å². The summed E-state index contributed by atoms with van der Waals surface area (Å²) >= 11 is 6.45. The Morgan fingerprint density at radius 3 is 2.46 bits per heavy atom. The lowest BCUT2D eigenvalue weighted by Gasteiger charge is -2.37. The first-order valence-corrected chi connectivity index (χ1v) is 13.3. The Kier molecular flexibility index (Phi) is 8.11. The SMILES string of the molecule is CCOC(=O)C1CCN(C(=O)[C@H](CC(C)C)N2CC3=C(C2=O)[C@@H](c2ccccc2Cl)NC(=O)N3C)CC1. The predicted molar refractivity (Wildman–Crippen MR) is 138 cm³/mol. The molecule has 0 aromatic heterocycles. The number of rotatable bonds is 7. The molecule has 37 heavy (non-hydrogen) atoms. The van der Waals surface area contributed by atoms with Gasteiger partial charge in [0.2, 0.25) is 5.91 Å². The van der Waals surface area contributed by atoms with Crippen LogP contribution in [0.25, 0.3) is 0 Å². The molecule has 1 fully saturated rings. The van der Waals surface area contributed by atoms with Crippen LogP contribution in [0.2, 0.25) is 5.02 Å². The van der Waals surface area contributed by atoms with Gasteiger partial charge in [0.15, 0.2) is 0 Å². The molecule has 1 aromatic carbocycles. The monoisotopic (exact) mass is 530 g/mol. The Hall–Kier alpha value is -3.07. The second-order valence-electron chi connectivity index (χ2n) is 10.3. The van der Waals surface area contributed by atoms with Crippen LogP contribution in [0, 0.1) is 11.8 Å². The van der Waals surface area contributed by atoms with Crippen molar-refractivity contribution in [2.75, 3.05) is 33.3 Å². The standard InChI is InChI=1S/C27H35ClN4O5/c1-5-37-26(35)17-10-12-31(13-11-17)24(33)20(14-16(2)3)32-15-21-22(25(32)34)23(29-27(36)30(21)4)18-8-6-7-9-19(18)28/h6-9,16-17,20,23H,5,10-15H2,1-4H3,(H,29,36)/t20-,23+/m0/s1. The first-order chi connectivity index (χ1) is 17.6. The van der Waals surface area contributed by atoms with Gasteiger partial charge < -0.3 is 19.9 Å². The summed E-state index contributed by atoms with van der Waals surface area (Å²) in [6, 6.07) is 5.43. The number of piperidine rings is 1. The van der Waals surface area contributed by atoms with Gasteiger partial charge in [-0.15, -0.1) is 0 Å². The van der Waals surface area contributed by atoms with Gasteiger partial charge in [-0.1, -0.05) is 43.6 Å². The van der Waals surface area contributed by atoms with Gasteiger partial charge in [0, 0.05) is 25.2 Å². The minimum Gasteiger partial charge on any atom is -0.466 e. The third-order valence-electron chi connectivity index (χ3n) is 7.39. The average molecular weight is 531 g/mol. The van der Waals surface area contributed by atoms with E-state index < -0.39 is 12.1 Å². The molecule has 3 aliphatic heterocycles. The summed E-state index contributed by atoms with van der Waals surface area (Å²) < 4.78 is 5.15. The zero-order chi connectivity index (χ0) is 26.9. The topological polar surface area (TPSA) is 99.3 Å². The molecule has 1 saturated heterocycles. The highest BCUT2D eigenvalue weighted by molar-refractivity contribution is 6.31. The van der Waals surface area contributed by atoms with E-state index in [0.29, 0.717) is 60.8 Å². The summed E-state index contributed by atoms with van der Waals surface area (Å²) in [5.41, 5.74) is 1.67. The number of amides is 4. The Morgan fingerprint density at radius 2 is 1.84 bits per heavy atom. The highest BCUT2D eigenvalue weighted by atomic mass is 35.5. The van der Waals surface area contributed by atoms with Gasteiger partial charge in [0.1, 0.15) is 6.04 Å². The van der Waals surface area contributed by atoms with Crippen molar-refractivity contribution in [3.63, 3.8) is 0 Å². The van der Waals surface area contributed by atoms with Crippen LogP contribution in [0.3, 0.4) is 0 Å². The zero-order valence-corrected chi connectivity index (χ0v) is 22.6. The second-order valence-corrected chi connectivity index (χ2v) is 10.7. The van der Waals surface area contributed by atoms with Crippen LogP contribution in [-0.2, 0) is 19.1 Å². The van der Waals surface area contributed by atoms with Gasteiger partial charge >= 0.3 is 12.0 Å². The Balaban J connectivity index is 1.58. The van der Waals surface area contributed by atoms with E-state index in [4.69, 9.17) is 16.3 Å². The molecule has 3 heterocycles. The third kappa shape index (κ3) is 5.32. The molecule has 0 radical (unpaired) electrons. The Morgan fingerprint density at radius 1 is 1.16 bits per heavy atom. The maximum absolute atomic E-state index is 13.9. The van der Waals surface area contributed by atoms with E-state index in [0.717, 1.165) is 0 Å². The van der Waals surface area contributed by atoms with Crippen molar-refractivity contribution in [3.05, 3.63) is 46.1 Å². The average Bonchev–Trinajstić information content (AvgIpc) is 3.22. The number of nitrogens with zero attached hydrogens (tertiary/aromatic N) is 3. The second kappa shape index (κ2) is 11.1. The molecule has 4 amide bonds. The van der Waals surface area contributed by atoms with Crippen molar-refractivity contribution in [1.82, 2.24) is 20.0 Å². The van der Waals surface area contributed by atoms with E-state index in [1.165, 1.54) is 4.90 Å². The Labute approximate surface area is 222 Å². The number of ether oxygens (including phenoxy) is 1. The van der Waals surface area contributed by atoms with Crippen molar-refractivity contribution in [1.29, 1.82) is 0 Å². The highest BCUT2D eigenvalue weighted by Crippen LogP contribution is 2.39. The number of carbonyl (C=O) groups is 4. The van der Waals surface area contributed by atoms with Crippen LogP contribution in [0.4, 0.5) is 4.79 Å². The van der Waals surface area contributed by atoms with Crippen LogP contribution < -0.4 is 5.32 Å². The summed E-state index contributed by atoms with van der Waals surface area (Å²) in [6.07, 6.45) is 1.57. The molecule has 9 nitrogen and oxygen atoms in total. The van der Waals surface area contributed by atoms with Gasteiger partial charge in [-0.05, 0) is 43.7 Å². The summed E-state index contributed by atoms with van der Waals surface area (Å²) in [7, 11) is 1.63. The summed E-state index contributed by atoms with van der Waals surface area (Å²) in [4.78, 5) is 57.5. The molecule has 0 aliphatic carbocycles. The molecule has 10 heteroatoms. The quantitative estimate of drug-likeness (QED) is 0.545. The number of hydrogen-bond acceptors (Lipinski definition) is 5. The van der Waals surface area contributed by atoms with E-state index in [1.807, 2.05) is 19.9 Å². The molecule has 3 aliphatic rings. The number of likely N-dealkylation sites (N-methyl/N-ethyl adjacent to an activating group) is 1. The molecule has 2 atom stereocenters. The third-order valence-corrected chi connectivity index (χ3v) is 7.73. The van der Waals surface area contributed by atoms with Gasteiger partial charge in [-0.3, -0.25) is 19.3 Å². The lowest BCUT2D eigenvalue weighted by Crippen LogP contribution is -2.52. The number of halogens is 1. The molecule has 0 unspecified atom stereocenters. The molecular weight excluding hydrogens is 496 g/mol. The normalized spacial score (nSPS) is 21.4. The van der Waals surface area contributed by atoms with Crippen molar-refractivity contribution in [3.8, 4) is 0 Å². The molecule has 1 N–H and O–H groups in total. The van der Waals surface area contributed by atoms with Gasteiger partial charge in [-0.2, -0.15) is 0 Å². The van der Waals surface area contributed by atoms with Crippen LogP contribution >= 0.6 is 11.6 Å². The van der Waals surface area contributed by atoms with Gasteiger partial charge in [0.25, 0.3) is 5.91 Å². The maximum atomic E-state index is 13.9. The molecule has 4 rings (SSSR count). The lowest BCUT2D eigenvalue weighted by atomic mass is 9.94. The maximum Gasteiger partial charge on any atom is 0.322 e. The lowest BCUT2D eigenvalue weighted by molar-refractivity contribution is -0.152. The number of nitrogens with one attached hydrogen (secondary N) is 1. The van der Waals surface area contributed by atoms with E-state index >= 15 is 0 Å². The number of urea groups is 1. The van der Waals surface area contributed by atoms with E-state index in [-0.39, 0.29) is 42.2 Å². The Bertz CT molecular complexity index is 1110. The largest absolute Gasteiger partial charge is 0.466 e. The summed E-state index contributed by atoms with van der Waals surface area (Å²) in [5.74, 6) is -0.663. The fourth-order valence-electron chi connectivity index (χ4n) is 5.40. The van der Waals surface area contributed by atoms with E-state index in [9.17, 15) is 19.2 Å². The number of benzene rings is 1. The van der Waals surface area contributed by atoms with E-state index in [2.05, 4.69) is 5.32 Å². The zero-order valence-electron chi connectivity index (χ0n) is 21.8. The van der Waals surface area contributed by atoms with Crippen LogP contribution in [0.1, 0.15) is 51.6 Å². The molecule has 0 saturated carbocycles. The highest BCUT2D eigenvalue weighted by Gasteiger charge is 2.47. The molecular formula is C27H35ClN4O5. The van der Waals surface area contributed by atoms with Crippen molar-refractivity contribution in [2.24, 2.45) is 11.8 Å². The van der Waals surface area contributed by atoms with Crippen LogP contribution in [0.15, 0.2) is 35.5 Å². The van der Waals surface area contributed by atoms with Crippen molar-refractivity contribution in [2.45, 2.75) is 52.1 Å². The molecule has 0 bridgehead atoms. The molecule has 200 valence electrons. The minimum absolute atomic E-state index is 0.125. The molecule has 1 aromatic rings. The first kappa shape index (κ1) is 27.0. The summed E-state index contributed by atoms with van der Waals surface area (Å²) in [6.45, 7) is 7.20. The fourth-order valence-corrected chi connectivity index (χ4v) is 5.64. The van der Waals surface area contributed by atoms with Crippen molar-refractivity contribution < 1.29 is 23.9 Å². The van der Waals surface area contributed by atoms with Crippen LogP contribution in [-0.4, -0.2) is 77.8 Å². The number of likely N-dealkylation sites (tertiary alicyclic amines) is 1. The van der Waals surface area contributed by atoms with E-state index in [1.54, 1.807) is 42.0 Å². The number of esters is 1. The van der Waals surface area contributed by atoms with Gasteiger partial charge in [-0.25, -0.2) is 4.79 Å². The van der Waals surface area contributed by atoms with Crippen LogP contribution in [0.5, 0.6) is 0 Å². The predicted octanol–water partition coefficient (Wildman–Crippen LogP) is 3.35. The summed E-state index contributed by atoms with van der Waals surface area (Å²) in [5, 5.41) is 3.36. The fraction of sp³-hybridized carbons (Fsp3) is 0.556. The number of hydrogen-bond donors (Lipinski definition) is 1. The molecule has 0 spiro atoms. The first-order valence-electron chi connectivity index (χ1n) is 12.9. The van der Waals surface area contributed by atoms with Gasteiger partial charge in [0.05, 0.1) is 36.4 Å². The minimum atomic E-state index is -0.694. The smallest absolute Gasteiger partial charge is 0.322 e.